The van der Waals surface area contributed by atoms with Gasteiger partial charge in [-0.15, -0.1) is 6.58 Å². The number of nitriles is 2. The minimum atomic E-state index is -0.870. The lowest BCUT2D eigenvalue weighted by molar-refractivity contribution is -0.129. The minimum absolute atomic E-state index is 0.0709. The van der Waals surface area contributed by atoms with Gasteiger partial charge >= 0.3 is 5.97 Å². The van der Waals surface area contributed by atoms with E-state index in [-0.39, 0.29) is 29.2 Å². The average molecular weight is 448 g/mol. The molecule has 0 heterocycles. The van der Waals surface area contributed by atoms with Crippen molar-refractivity contribution in [3.63, 3.8) is 0 Å². The van der Waals surface area contributed by atoms with Crippen LogP contribution in [0.5, 0.6) is 11.5 Å². The van der Waals surface area contributed by atoms with E-state index in [1.54, 1.807) is 24.3 Å². The van der Waals surface area contributed by atoms with Gasteiger partial charge in [0.15, 0.2) is 11.5 Å². The number of hydrogen-bond donors (Lipinski definition) is 1. The molecule has 0 unspecified atom stereocenters. The molecule has 1 N–H and O–H groups in total. The van der Waals surface area contributed by atoms with Crippen LogP contribution in [0.15, 0.2) is 66.3 Å². The molecule has 7 nitrogen and oxygen atoms in total. The van der Waals surface area contributed by atoms with Crippen molar-refractivity contribution in [2.24, 2.45) is 0 Å². The number of esters is 1. The van der Waals surface area contributed by atoms with E-state index in [0.29, 0.717) is 16.1 Å². The quantitative estimate of drug-likeness (QED) is 0.214. The molecule has 2 aromatic carbocycles. The van der Waals surface area contributed by atoms with Crippen LogP contribution in [0, 0.1) is 22.7 Å². The number of rotatable bonds is 8. The summed E-state index contributed by atoms with van der Waals surface area (Å²) >= 11 is 5.84. The summed E-state index contributed by atoms with van der Waals surface area (Å²) in [7, 11) is 1.37. The molecule has 0 fully saturated rings. The predicted octanol–water partition coefficient (Wildman–Crippen LogP) is 4.07. The number of carbonyl (C=O) groups is 2. The Morgan fingerprint density at radius 3 is 2.25 bits per heavy atom. The van der Waals surface area contributed by atoms with Gasteiger partial charge in [0.05, 0.1) is 7.11 Å². The number of hydrogen-bond acceptors (Lipinski definition) is 6. The van der Waals surface area contributed by atoms with E-state index in [9.17, 15) is 20.1 Å². The fourth-order valence-electron chi connectivity index (χ4n) is 2.45. The van der Waals surface area contributed by atoms with E-state index < -0.39 is 11.9 Å². The highest BCUT2D eigenvalue weighted by atomic mass is 35.5. The summed E-state index contributed by atoms with van der Waals surface area (Å²) in [4.78, 5) is 24.5. The second-order valence-electron chi connectivity index (χ2n) is 6.19. The summed E-state index contributed by atoms with van der Waals surface area (Å²) in [6.45, 7) is 3.72. The molecule has 0 saturated heterocycles. The Kier molecular flexibility index (Phi) is 8.79. The zero-order chi connectivity index (χ0) is 23.5. The smallest absolute Gasteiger partial charge is 0.354 e. The number of nitrogens with one attached hydrogen (secondary N) is 1. The van der Waals surface area contributed by atoms with Gasteiger partial charge < -0.3 is 14.8 Å². The SMILES string of the molecule is C=CCNC(=O)/C(C#N)=C/c1ccc(OC(=O)/C(C#N)=C/c2ccc(Cl)cc2)c(OC)c1. The topological polar surface area (TPSA) is 112 Å². The number of ether oxygens (including phenoxy) is 2. The first-order valence-electron chi connectivity index (χ1n) is 9.20. The molecule has 8 heteroatoms. The first-order valence-corrected chi connectivity index (χ1v) is 9.58. The van der Waals surface area contributed by atoms with Gasteiger partial charge in [0.2, 0.25) is 0 Å². The molecule has 160 valence electrons. The van der Waals surface area contributed by atoms with E-state index in [1.807, 2.05) is 12.1 Å². The van der Waals surface area contributed by atoms with Gasteiger partial charge in [-0.25, -0.2) is 4.79 Å². The number of halogens is 1. The van der Waals surface area contributed by atoms with Gasteiger partial charge in [-0.2, -0.15) is 10.5 Å². The van der Waals surface area contributed by atoms with Gasteiger partial charge in [0.1, 0.15) is 23.3 Å². The standard InChI is InChI=1S/C24H18ClN3O4/c1-3-10-28-23(29)18(14-26)12-17-6-9-21(22(13-17)31-2)32-24(30)19(15-27)11-16-4-7-20(25)8-5-16/h3-9,11-13H,1,10H2,2H3,(H,28,29)/b18-12+,19-11+. The van der Waals surface area contributed by atoms with E-state index in [4.69, 9.17) is 21.1 Å². The van der Waals surface area contributed by atoms with Crippen LogP contribution < -0.4 is 14.8 Å². The van der Waals surface area contributed by atoms with Crippen LogP contribution in [-0.4, -0.2) is 25.5 Å². The molecule has 32 heavy (non-hydrogen) atoms. The Morgan fingerprint density at radius 1 is 1.03 bits per heavy atom. The number of nitrogens with zero attached hydrogens (tertiary/aromatic N) is 2. The van der Waals surface area contributed by atoms with Crippen LogP contribution >= 0.6 is 11.6 Å². The van der Waals surface area contributed by atoms with Crippen molar-refractivity contribution in [1.29, 1.82) is 10.5 Å². The molecule has 0 aliphatic carbocycles. The predicted molar refractivity (Wildman–Crippen MR) is 120 cm³/mol. The maximum absolute atomic E-state index is 12.5. The zero-order valence-electron chi connectivity index (χ0n) is 17.1. The van der Waals surface area contributed by atoms with Crippen LogP contribution in [-0.2, 0) is 9.59 Å². The van der Waals surface area contributed by atoms with Crippen molar-refractivity contribution in [2.45, 2.75) is 0 Å². The molecule has 2 rings (SSSR count). The summed E-state index contributed by atoms with van der Waals surface area (Å²) in [5, 5.41) is 21.6. The second kappa shape index (κ2) is 11.8. The molecule has 0 aliphatic rings. The molecule has 0 bridgehead atoms. The van der Waals surface area contributed by atoms with Crippen molar-refractivity contribution in [2.75, 3.05) is 13.7 Å². The normalized spacial score (nSPS) is 11.0. The van der Waals surface area contributed by atoms with E-state index in [2.05, 4.69) is 11.9 Å². The number of carbonyl (C=O) groups excluding carboxylic acids is 2. The summed E-state index contributed by atoms with van der Waals surface area (Å²) < 4.78 is 10.6. The molecule has 1 amide bonds. The highest BCUT2D eigenvalue weighted by molar-refractivity contribution is 6.30. The Hall–Kier alpha value is -4.33. The minimum Gasteiger partial charge on any atom is -0.493 e. The number of benzene rings is 2. The summed E-state index contributed by atoms with van der Waals surface area (Å²) in [5.74, 6) is -1.17. The highest BCUT2D eigenvalue weighted by Gasteiger charge is 2.16. The molecule has 0 saturated carbocycles. The Labute approximate surface area is 190 Å². The zero-order valence-corrected chi connectivity index (χ0v) is 17.8. The molecule has 0 aromatic heterocycles. The molecular weight excluding hydrogens is 430 g/mol. The molecule has 0 aliphatic heterocycles. The largest absolute Gasteiger partial charge is 0.493 e. The van der Waals surface area contributed by atoms with Crippen molar-refractivity contribution in [3.8, 4) is 23.6 Å². The van der Waals surface area contributed by atoms with Gasteiger partial charge in [0, 0.05) is 11.6 Å². The lowest BCUT2D eigenvalue weighted by Gasteiger charge is -2.10. The Balaban J connectivity index is 2.26. The maximum atomic E-state index is 12.5. The number of methoxy groups -OCH3 is 1. The monoisotopic (exact) mass is 447 g/mol. The van der Waals surface area contributed by atoms with Crippen LogP contribution in [0.3, 0.4) is 0 Å². The van der Waals surface area contributed by atoms with Crippen molar-refractivity contribution < 1.29 is 19.1 Å². The Morgan fingerprint density at radius 2 is 1.66 bits per heavy atom. The molecule has 0 spiro atoms. The fraction of sp³-hybridized carbons (Fsp3) is 0.0833. The highest BCUT2D eigenvalue weighted by Crippen LogP contribution is 2.30. The van der Waals surface area contributed by atoms with Crippen LogP contribution in [0.1, 0.15) is 11.1 Å². The molecular formula is C24H18ClN3O4. The van der Waals surface area contributed by atoms with Crippen LogP contribution in [0.4, 0.5) is 0 Å². The van der Waals surface area contributed by atoms with Gasteiger partial charge in [-0.3, -0.25) is 4.79 Å². The summed E-state index contributed by atoms with van der Waals surface area (Å²) in [5.41, 5.74) is 0.749. The van der Waals surface area contributed by atoms with Crippen molar-refractivity contribution >= 4 is 35.6 Å². The Bertz CT molecular complexity index is 1170. The molecule has 0 atom stereocenters. The van der Waals surface area contributed by atoms with E-state index in [1.165, 1.54) is 43.5 Å². The third kappa shape index (κ3) is 6.60. The van der Waals surface area contributed by atoms with Gasteiger partial charge in [-0.1, -0.05) is 35.9 Å². The lowest BCUT2D eigenvalue weighted by atomic mass is 10.1. The maximum Gasteiger partial charge on any atom is 0.354 e. The van der Waals surface area contributed by atoms with E-state index in [0.717, 1.165) is 0 Å². The fourth-order valence-corrected chi connectivity index (χ4v) is 2.58. The van der Waals surface area contributed by atoms with Crippen molar-refractivity contribution in [3.05, 3.63) is 82.4 Å². The van der Waals surface area contributed by atoms with E-state index >= 15 is 0 Å². The van der Waals surface area contributed by atoms with Crippen LogP contribution in [0.2, 0.25) is 5.02 Å². The molecule has 2 aromatic rings. The first-order chi connectivity index (χ1) is 15.4. The summed E-state index contributed by atoms with van der Waals surface area (Å²) in [6.07, 6.45) is 4.24. The lowest BCUT2D eigenvalue weighted by Crippen LogP contribution is -2.24. The first kappa shape index (κ1) is 23.9. The van der Waals surface area contributed by atoms with Crippen molar-refractivity contribution in [1.82, 2.24) is 5.32 Å². The summed E-state index contributed by atoms with van der Waals surface area (Å²) in [6, 6.07) is 14.7. The number of amides is 1. The molecule has 0 radical (unpaired) electrons. The van der Waals surface area contributed by atoms with Gasteiger partial charge in [0.25, 0.3) is 5.91 Å². The average Bonchev–Trinajstić information content (AvgIpc) is 2.81. The third-order valence-electron chi connectivity index (χ3n) is 3.99. The third-order valence-corrected chi connectivity index (χ3v) is 4.25. The van der Waals surface area contributed by atoms with Crippen LogP contribution in [0.25, 0.3) is 12.2 Å². The van der Waals surface area contributed by atoms with Gasteiger partial charge in [-0.05, 0) is 47.5 Å². The second-order valence-corrected chi connectivity index (χ2v) is 6.63.